The molecule has 0 bridgehead atoms. The summed E-state index contributed by atoms with van der Waals surface area (Å²) >= 11 is 6.46. The molecule has 2 aliphatic rings. The van der Waals surface area contributed by atoms with Gasteiger partial charge in [-0.15, -0.1) is 0 Å². The van der Waals surface area contributed by atoms with Gasteiger partial charge in [0.2, 0.25) is 0 Å². The van der Waals surface area contributed by atoms with Gasteiger partial charge in [0.25, 0.3) is 0 Å². The van der Waals surface area contributed by atoms with E-state index < -0.39 is 30.4 Å². The Bertz CT molecular complexity index is 880. The molecule has 2 aliphatic heterocycles. The van der Waals surface area contributed by atoms with E-state index >= 15 is 0 Å². The highest BCUT2D eigenvalue weighted by Gasteiger charge is 2.57. The molecule has 0 unspecified atom stereocenters. The van der Waals surface area contributed by atoms with E-state index in [9.17, 15) is 4.79 Å². The Kier molecular flexibility index (Phi) is 5.47. The van der Waals surface area contributed by atoms with Crippen LogP contribution in [0.1, 0.15) is 39.2 Å². The molecule has 0 N–H and O–H groups in total. The van der Waals surface area contributed by atoms with E-state index in [1.54, 1.807) is 0 Å². The second-order valence-electron chi connectivity index (χ2n) is 7.76. The molecule has 0 amide bonds. The summed E-state index contributed by atoms with van der Waals surface area (Å²) in [5, 5.41) is 2.76. The fraction of sp³-hybridized carbons (Fsp3) is 0.500. The molecule has 0 radical (unpaired) electrons. The highest BCUT2D eigenvalue weighted by Crippen LogP contribution is 2.40. The number of ether oxygens (including phenoxy) is 4. The van der Waals surface area contributed by atoms with Gasteiger partial charge in [-0.05, 0) is 37.1 Å². The summed E-state index contributed by atoms with van der Waals surface area (Å²) in [6.45, 7) is 5.89. The van der Waals surface area contributed by atoms with Gasteiger partial charge >= 0.3 is 0 Å². The monoisotopic (exact) mass is 404 g/mol. The normalized spacial score (nSPS) is 28.6. The summed E-state index contributed by atoms with van der Waals surface area (Å²) in [6.07, 6.45) is -1.10. The summed E-state index contributed by atoms with van der Waals surface area (Å²) in [5.74, 6) is -0.761. The molecule has 150 valence electrons. The average molecular weight is 405 g/mol. The van der Waals surface area contributed by atoms with Gasteiger partial charge in [-0.1, -0.05) is 48.9 Å². The second kappa shape index (κ2) is 7.73. The van der Waals surface area contributed by atoms with Crippen molar-refractivity contribution < 1.29 is 23.7 Å². The summed E-state index contributed by atoms with van der Waals surface area (Å²) in [6, 6.07) is 11.9. The lowest BCUT2D eigenvalue weighted by atomic mass is 10.0. The molecular formula is C22H25ClO5. The molecule has 5 nitrogen and oxygen atoms in total. The predicted molar refractivity (Wildman–Crippen MR) is 106 cm³/mol. The maximum atomic E-state index is 12.6. The van der Waals surface area contributed by atoms with E-state index in [1.165, 1.54) is 0 Å². The van der Waals surface area contributed by atoms with Gasteiger partial charge in [-0.3, -0.25) is 4.79 Å². The molecule has 6 heteroatoms. The van der Waals surface area contributed by atoms with Crippen LogP contribution < -0.4 is 0 Å². The third-order valence-electron chi connectivity index (χ3n) is 5.21. The lowest BCUT2D eigenvalue weighted by Gasteiger charge is -2.25. The quantitative estimate of drug-likeness (QED) is 0.702. The SMILES string of the molecule is CCCC(=O)[C@H]1O[C@@H]2OC(C)(C)O[C@@H]2[C@H]1OCc1c(Cl)ccc2ccccc12. The Hall–Kier alpha value is -1.50. The Morgan fingerprint density at radius 3 is 2.75 bits per heavy atom. The van der Waals surface area contributed by atoms with E-state index in [-0.39, 0.29) is 12.4 Å². The highest BCUT2D eigenvalue weighted by molar-refractivity contribution is 6.32. The summed E-state index contributed by atoms with van der Waals surface area (Å²) in [7, 11) is 0. The van der Waals surface area contributed by atoms with E-state index in [2.05, 4.69) is 0 Å². The van der Waals surface area contributed by atoms with Crippen molar-refractivity contribution >= 4 is 28.2 Å². The smallest absolute Gasteiger partial charge is 0.190 e. The van der Waals surface area contributed by atoms with Gasteiger partial charge in [-0.2, -0.15) is 0 Å². The van der Waals surface area contributed by atoms with Crippen LogP contribution in [-0.2, 0) is 30.3 Å². The zero-order valence-corrected chi connectivity index (χ0v) is 17.1. The number of benzene rings is 2. The van der Waals surface area contributed by atoms with E-state index in [0.29, 0.717) is 11.4 Å². The maximum absolute atomic E-state index is 12.6. The Balaban J connectivity index is 1.59. The first-order valence-corrected chi connectivity index (χ1v) is 10.1. The molecule has 28 heavy (non-hydrogen) atoms. The molecule has 4 atom stereocenters. The number of hydrogen-bond acceptors (Lipinski definition) is 5. The van der Waals surface area contributed by atoms with Crippen molar-refractivity contribution in [2.24, 2.45) is 0 Å². The van der Waals surface area contributed by atoms with E-state index in [4.69, 9.17) is 30.5 Å². The number of fused-ring (bicyclic) bond motifs is 2. The standard InChI is InChI=1S/C22H25ClO5/c1-4-7-17(24)18-19(20-21(26-18)28-22(2,3)27-20)25-12-15-14-9-6-5-8-13(14)10-11-16(15)23/h5-6,8-11,18-21H,4,7,12H2,1-3H3/t18-,19+,20-,21-/m1/s1. The number of halogens is 1. The lowest BCUT2D eigenvalue weighted by Crippen LogP contribution is -2.40. The summed E-state index contributed by atoms with van der Waals surface area (Å²) in [5.41, 5.74) is 0.892. The predicted octanol–water partition coefficient (Wildman–Crippen LogP) is 4.62. The third kappa shape index (κ3) is 3.70. The number of carbonyl (C=O) groups is 1. The molecule has 2 aromatic carbocycles. The minimum absolute atomic E-state index is 0.0101. The molecule has 0 aromatic heterocycles. The number of rotatable bonds is 6. The van der Waals surface area contributed by atoms with Gasteiger partial charge in [0.1, 0.15) is 18.3 Å². The molecule has 2 fully saturated rings. The fourth-order valence-electron chi connectivity index (χ4n) is 3.94. The molecule has 2 aromatic rings. The maximum Gasteiger partial charge on any atom is 0.190 e. The molecule has 4 rings (SSSR count). The molecule has 0 aliphatic carbocycles. The number of hydrogen-bond donors (Lipinski definition) is 0. The number of ketones is 1. The number of Topliss-reactive ketones (excluding diaryl/α,β-unsaturated/α-hetero) is 1. The van der Waals surface area contributed by atoms with Crippen LogP contribution in [0.25, 0.3) is 10.8 Å². The topological polar surface area (TPSA) is 54.0 Å². The lowest BCUT2D eigenvalue weighted by molar-refractivity contribution is -0.218. The van der Waals surface area contributed by atoms with Crippen LogP contribution in [0.4, 0.5) is 0 Å². The Labute approximate surface area is 169 Å². The van der Waals surface area contributed by atoms with Crippen LogP contribution in [0.3, 0.4) is 0 Å². The average Bonchev–Trinajstić information content (AvgIpc) is 3.13. The minimum Gasteiger partial charge on any atom is -0.367 e. The van der Waals surface area contributed by atoms with Crippen molar-refractivity contribution in [2.75, 3.05) is 0 Å². The van der Waals surface area contributed by atoms with Crippen LogP contribution >= 0.6 is 11.6 Å². The van der Waals surface area contributed by atoms with Crippen molar-refractivity contribution in [3.63, 3.8) is 0 Å². The van der Waals surface area contributed by atoms with Crippen molar-refractivity contribution in [3.05, 3.63) is 47.0 Å². The van der Waals surface area contributed by atoms with Crippen LogP contribution in [0.2, 0.25) is 5.02 Å². The molecule has 0 saturated carbocycles. The molecule has 2 saturated heterocycles. The first kappa shape index (κ1) is 19.8. The van der Waals surface area contributed by atoms with Gasteiger partial charge in [-0.25, -0.2) is 0 Å². The third-order valence-corrected chi connectivity index (χ3v) is 5.56. The summed E-state index contributed by atoms with van der Waals surface area (Å²) < 4.78 is 23.9. The van der Waals surface area contributed by atoms with Crippen LogP contribution in [0, 0.1) is 0 Å². The molecule has 2 heterocycles. The highest BCUT2D eigenvalue weighted by atomic mass is 35.5. The largest absolute Gasteiger partial charge is 0.367 e. The molecule has 0 spiro atoms. The summed E-state index contributed by atoms with van der Waals surface area (Å²) in [4.78, 5) is 12.6. The van der Waals surface area contributed by atoms with Crippen molar-refractivity contribution in [1.29, 1.82) is 0 Å². The zero-order valence-electron chi connectivity index (χ0n) is 16.3. The van der Waals surface area contributed by atoms with Gasteiger partial charge < -0.3 is 18.9 Å². The van der Waals surface area contributed by atoms with Crippen molar-refractivity contribution in [1.82, 2.24) is 0 Å². The van der Waals surface area contributed by atoms with E-state index in [1.807, 2.05) is 57.2 Å². The number of carbonyl (C=O) groups excluding carboxylic acids is 1. The van der Waals surface area contributed by atoms with Crippen molar-refractivity contribution in [2.45, 2.75) is 70.6 Å². The van der Waals surface area contributed by atoms with Crippen LogP contribution in [0.5, 0.6) is 0 Å². The van der Waals surface area contributed by atoms with Crippen LogP contribution in [-0.4, -0.2) is 36.2 Å². The first-order chi connectivity index (χ1) is 13.4. The van der Waals surface area contributed by atoms with Gasteiger partial charge in [0.15, 0.2) is 17.9 Å². The van der Waals surface area contributed by atoms with Crippen LogP contribution in [0.15, 0.2) is 36.4 Å². The minimum atomic E-state index is -0.771. The fourth-order valence-corrected chi connectivity index (χ4v) is 4.16. The van der Waals surface area contributed by atoms with Crippen molar-refractivity contribution in [3.8, 4) is 0 Å². The Morgan fingerprint density at radius 1 is 1.18 bits per heavy atom. The Morgan fingerprint density at radius 2 is 1.96 bits per heavy atom. The van der Waals surface area contributed by atoms with E-state index in [0.717, 1.165) is 22.8 Å². The zero-order chi connectivity index (χ0) is 19.9. The molecular weight excluding hydrogens is 380 g/mol. The van der Waals surface area contributed by atoms with Gasteiger partial charge in [0, 0.05) is 17.0 Å². The van der Waals surface area contributed by atoms with Gasteiger partial charge in [0.05, 0.1) is 6.61 Å². The first-order valence-electron chi connectivity index (χ1n) is 9.71. The second-order valence-corrected chi connectivity index (χ2v) is 8.17.